The van der Waals surface area contributed by atoms with Gasteiger partial charge < -0.3 is 14.8 Å². The minimum absolute atomic E-state index is 0.131. The second kappa shape index (κ2) is 9.32. The molecule has 3 rings (SSSR count). The van der Waals surface area contributed by atoms with E-state index in [1.807, 2.05) is 30.3 Å². The molecule has 2 aromatic rings. The Labute approximate surface area is 173 Å². The van der Waals surface area contributed by atoms with E-state index in [2.05, 4.69) is 5.32 Å². The molecule has 0 aromatic heterocycles. The van der Waals surface area contributed by atoms with Crippen LogP contribution in [0.15, 0.2) is 48.5 Å². The lowest BCUT2D eigenvalue weighted by atomic mass is 10.0. The van der Waals surface area contributed by atoms with Gasteiger partial charge in [0, 0.05) is 19.1 Å². The van der Waals surface area contributed by atoms with E-state index in [-0.39, 0.29) is 36.3 Å². The fraction of sp³-hybridized carbons (Fsp3) is 0.273. The van der Waals surface area contributed by atoms with Crippen LogP contribution in [-0.2, 0) is 20.7 Å². The van der Waals surface area contributed by atoms with Crippen molar-refractivity contribution in [2.75, 3.05) is 27.4 Å². The minimum Gasteiger partial charge on any atom is -0.467 e. The van der Waals surface area contributed by atoms with Crippen molar-refractivity contribution >= 4 is 23.7 Å². The summed E-state index contributed by atoms with van der Waals surface area (Å²) in [6.07, 6.45) is 0.256. The molecule has 1 unspecified atom stereocenters. The number of imide groups is 1. The van der Waals surface area contributed by atoms with E-state index >= 15 is 0 Å². The number of rotatable bonds is 8. The van der Waals surface area contributed by atoms with Gasteiger partial charge in [0.05, 0.1) is 31.4 Å². The van der Waals surface area contributed by atoms with Crippen molar-refractivity contribution in [3.05, 3.63) is 70.8 Å². The molecule has 8 nitrogen and oxygen atoms in total. The Morgan fingerprint density at radius 3 is 2.37 bits per heavy atom. The average molecular weight is 410 g/mol. The predicted octanol–water partition coefficient (Wildman–Crippen LogP) is 1.44. The van der Waals surface area contributed by atoms with Crippen molar-refractivity contribution in [2.45, 2.75) is 12.5 Å². The first-order chi connectivity index (χ1) is 14.5. The monoisotopic (exact) mass is 410 g/mol. The highest BCUT2D eigenvalue weighted by Gasteiger charge is 2.36. The second-order valence-electron chi connectivity index (χ2n) is 6.75. The predicted molar refractivity (Wildman–Crippen MR) is 107 cm³/mol. The van der Waals surface area contributed by atoms with Gasteiger partial charge in [-0.05, 0) is 23.8 Å². The normalized spacial score (nSPS) is 13.7. The van der Waals surface area contributed by atoms with Gasteiger partial charge in [-0.15, -0.1) is 0 Å². The molecule has 0 aliphatic carbocycles. The fourth-order valence-electron chi connectivity index (χ4n) is 3.24. The highest BCUT2D eigenvalue weighted by molar-refractivity contribution is 6.22. The van der Waals surface area contributed by atoms with E-state index in [1.165, 1.54) is 32.4 Å². The largest absolute Gasteiger partial charge is 0.467 e. The van der Waals surface area contributed by atoms with Gasteiger partial charge in [-0.2, -0.15) is 0 Å². The van der Waals surface area contributed by atoms with Crippen LogP contribution in [0.25, 0.3) is 0 Å². The van der Waals surface area contributed by atoms with Crippen LogP contribution < -0.4 is 5.32 Å². The summed E-state index contributed by atoms with van der Waals surface area (Å²) in [6.45, 7) is 0.352. The summed E-state index contributed by atoms with van der Waals surface area (Å²) < 4.78 is 9.74. The highest BCUT2D eigenvalue weighted by atomic mass is 16.5. The van der Waals surface area contributed by atoms with E-state index in [0.717, 1.165) is 10.5 Å². The summed E-state index contributed by atoms with van der Waals surface area (Å²) in [5.74, 6) is -2.02. The smallest absolute Gasteiger partial charge is 0.328 e. The lowest BCUT2D eigenvalue weighted by molar-refractivity contribution is -0.142. The lowest BCUT2D eigenvalue weighted by Crippen LogP contribution is -2.43. The summed E-state index contributed by atoms with van der Waals surface area (Å²) in [5.41, 5.74) is 1.42. The number of fused-ring (bicyclic) bond motifs is 1. The van der Waals surface area contributed by atoms with E-state index in [4.69, 9.17) is 9.47 Å². The first-order valence-corrected chi connectivity index (χ1v) is 9.38. The summed E-state index contributed by atoms with van der Waals surface area (Å²) in [5, 5.41) is 2.65. The van der Waals surface area contributed by atoms with Crippen LogP contribution >= 0.6 is 0 Å². The summed E-state index contributed by atoms with van der Waals surface area (Å²) in [7, 11) is 2.73. The highest BCUT2D eigenvalue weighted by Crippen LogP contribution is 2.24. The number of nitrogens with zero attached hydrogens (tertiary/aromatic N) is 1. The third-order valence-corrected chi connectivity index (χ3v) is 4.83. The maximum atomic E-state index is 12.8. The Morgan fingerprint density at radius 1 is 1.00 bits per heavy atom. The molecule has 2 aromatic carbocycles. The molecular weight excluding hydrogens is 388 g/mol. The van der Waals surface area contributed by atoms with Gasteiger partial charge in [-0.3, -0.25) is 19.3 Å². The molecule has 0 fully saturated rings. The molecule has 0 spiro atoms. The number of nitrogens with one attached hydrogen (secondary N) is 1. The first kappa shape index (κ1) is 21.2. The van der Waals surface area contributed by atoms with Crippen molar-refractivity contribution in [1.82, 2.24) is 10.2 Å². The van der Waals surface area contributed by atoms with E-state index in [0.29, 0.717) is 0 Å². The number of esters is 1. The quantitative estimate of drug-likeness (QED) is 0.522. The zero-order valence-corrected chi connectivity index (χ0v) is 16.7. The van der Waals surface area contributed by atoms with Crippen LogP contribution in [0.5, 0.6) is 0 Å². The standard InChI is InChI=1S/C22H22N2O6/c1-29-11-10-24-20(26)16-9-8-15(13-17(16)21(24)27)19(25)23-18(22(28)30-2)12-14-6-4-3-5-7-14/h3-9,13,18H,10-12H2,1-2H3,(H,23,25). The molecule has 8 heteroatoms. The maximum Gasteiger partial charge on any atom is 0.328 e. The number of benzene rings is 2. The number of amides is 3. The third-order valence-electron chi connectivity index (χ3n) is 4.83. The molecule has 3 amide bonds. The van der Waals surface area contributed by atoms with Crippen molar-refractivity contribution in [2.24, 2.45) is 0 Å². The SMILES string of the molecule is COCCN1C(=O)c2ccc(C(=O)NC(Cc3ccccc3)C(=O)OC)cc2C1=O. The van der Waals surface area contributed by atoms with Crippen molar-refractivity contribution in [3.63, 3.8) is 0 Å². The van der Waals surface area contributed by atoms with Gasteiger partial charge in [0.1, 0.15) is 6.04 Å². The third kappa shape index (κ3) is 4.38. The Bertz CT molecular complexity index is 973. The van der Waals surface area contributed by atoms with Crippen molar-refractivity contribution in [1.29, 1.82) is 0 Å². The Hall–Kier alpha value is -3.52. The molecule has 0 radical (unpaired) electrons. The van der Waals surface area contributed by atoms with Crippen LogP contribution in [0, 0.1) is 0 Å². The van der Waals surface area contributed by atoms with Gasteiger partial charge in [-0.25, -0.2) is 4.79 Å². The first-order valence-electron chi connectivity index (χ1n) is 9.38. The second-order valence-corrected chi connectivity index (χ2v) is 6.75. The number of carbonyl (C=O) groups excluding carboxylic acids is 4. The van der Waals surface area contributed by atoms with Crippen LogP contribution in [0.1, 0.15) is 36.6 Å². The van der Waals surface area contributed by atoms with Crippen LogP contribution in [0.4, 0.5) is 0 Å². The van der Waals surface area contributed by atoms with Crippen LogP contribution in [0.3, 0.4) is 0 Å². The van der Waals surface area contributed by atoms with E-state index in [9.17, 15) is 19.2 Å². The molecular formula is C22H22N2O6. The van der Waals surface area contributed by atoms with Gasteiger partial charge in [0.15, 0.2) is 0 Å². The molecule has 1 N–H and O–H groups in total. The average Bonchev–Trinajstić information content (AvgIpc) is 3.01. The molecule has 0 bridgehead atoms. The number of hydrogen-bond donors (Lipinski definition) is 1. The zero-order chi connectivity index (χ0) is 21.7. The van der Waals surface area contributed by atoms with Gasteiger partial charge in [0.25, 0.3) is 17.7 Å². The van der Waals surface area contributed by atoms with E-state index < -0.39 is 29.7 Å². The number of methoxy groups -OCH3 is 2. The van der Waals surface area contributed by atoms with Gasteiger partial charge in [-0.1, -0.05) is 30.3 Å². The number of hydrogen-bond acceptors (Lipinski definition) is 6. The molecule has 0 saturated heterocycles. The van der Waals surface area contributed by atoms with Crippen molar-refractivity contribution in [3.8, 4) is 0 Å². The fourth-order valence-corrected chi connectivity index (χ4v) is 3.24. The number of ether oxygens (including phenoxy) is 2. The molecule has 1 aliphatic rings. The minimum atomic E-state index is -0.895. The van der Waals surface area contributed by atoms with Crippen LogP contribution in [-0.4, -0.2) is 62.0 Å². The summed E-state index contributed by atoms with van der Waals surface area (Å²) >= 11 is 0. The Kier molecular flexibility index (Phi) is 6.58. The number of carbonyl (C=O) groups is 4. The van der Waals surface area contributed by atoms with Gasteiger partial charge in [0.2, 0.25) is 0 Å². The summed E-state index contributed by atoms with van der Waals surface area (Å²) in [6, 6.07) is 12.6. The Balaban J connectivity index is 1.78. The molecule has 1 heterocycles. The maximum absolute atomic E-state index is 12.8. The molecule has 30 heavy (non-hydrogen) atoms. The van der Waals surface area contributed by atoms with E-state index in [1.54, 1.807) is 0 Å². The molecule has 1 atom stereocenters. The summed E-state index contributed by atoms with van der Waals surface area (Å²) in [4.78, 5) is 50.9. The zero-order valence-electron chi connectivity index (χ0n) is 16.7. The van der Waals surface area contributed by atoms with Crippen molar-refractivity contribution < 1.29 is 28.7 Å². The topological polar surface area (TPSA) is 102 Å². The molecule has 1 aliphatic heterocycles. The molecule has 0 saturated carbocycles. The Morgan fingerprint density at radius 2 is 1.70 bits per heavy atom. The van der Waals surface area contributed by atoms with Gasteiger partial charge >= 0.3 is 5.97 Å². The van der Waals surface area contributed by atoms with Crippen LogP contribution in [0.2, 0.25) is 0 Å². The molecule has 156 valence electrons. The lowest BCUT2D eigenvalue weighted by Gasteiger charge is -2.17.